The topological polar surface area (TPSA) is 29.3 Å². The molecule has 0 saturated heterocycles. The maximum Gasteiger partial charge on any atom is 0.142 e. The minimum absolute atomic E-state index is 0.559. The van der Waals surface area contributed by atoms with Crippen molar-refractivity contribution in [2.24, 2.45) is 0 Å². The van der Waals surface area contributed by atoms with E-state index in [4.69, 9.17) is 4.98 Å². The van der Waals surface area contributed by atoms with Crippen molar-refractivity contribution in [1.82, 2.24) is 9.38 Å². The van der Waals surface area contributed by atoms with Crippen LogP contribution >= 0.6 is 0 Å². The van der Waals surface area contributed by atoms with Gasteiger partial charge in [-0.15, -0.1) is 0 Å². The number of benzene rings is 1. The van der Waals surface area contributed by atoms with Crippen LogP contribution in [0.5, 0.6) is 0 Å². The van der Waals surface area contributed by atoms with Crippen molar-refractivity contribution in [3.8, 4) is 11.3 Å². The second kappa shape index (κ2) is 6.31. The van der Waals surface area contributed by atoms with E-state index in [1.165, 1.54) is 48.8 Å². The van der Waals surface area contributed by atoms with E-state index in [-0.39, 0.29) is 0 Å². The highest BCUT2D eigenvalue weighted by molar-refractivity contribution is 5.77. The highest BCUT2D eigenvalue weighted by Crippen LogP contribution is 2.32. The predicted octanol–water partition coefficient (Wildman–Crippen LogP) is 5.36. The number of nitrogens with one attached hydrogen (secondary N) is 1. The SMILES string of the molecule is Cc1ccc(-c2nc3c(C)cccn3c2NC2CCCCC2)cc1. The van der Waals surface area contributed by atoms with Crippen LogP contribution in [0.1, 0.15) is 43.2 Å². The van der Waals surface area contributed by atoms with Crippen LogP contribution in [0.15, 0.2) is 42.6 Å². The lowest BCUT2D eigenvalue weighted by Gasteiger charge is -2.24. The molecule has 24 heavy (non-hydrogen) atoms. The number of hydrogen-bond acceptors (Lipinski definition) is 2. The molecule has 2 heterocycles. The fraction of sp³-hybridized carbons (Fsp3) is 0.381. The van der Waals surface area contributed by atoms with Gasteiger partial charge in [-0.05, 0) is 38.3 Å². The van der Waals surface area contributed by atoms with E-state index >= 15 is 0 Å². The van der Waals surface area contributed by atoms with Crippen molar-refractivity contribution in [1.29, 1.82) is 0 Å². The molecule has 1 aliphatic rings. The molecule has 0 bridgehead atoms. The zero-order chi connectivity index (χ0) is 16.5. The summed E-state index contributed by atoms with van der Waals surface area (Å²) in [5, 5.41) is 3.81. The maximum absolute atomic E-state index is 4.98. The third kappa shape index (κ3) is 2.79. The van der Waals surface area contributed by atoms with Crippen molar-refractivity contribution >= 4 is 11.5 Å². The van der Waals surface area contributed by atoms with Crippen molar-refractivity contribution in [3.05, 3.63) is 53.7 Å². The lowest BCUT2D eigenvalue weighted by Crippen LogP contribution is -2.23. The Labute approximate surface area is 143 Å². The van der Waals surface area contributed by atoms with Crippen molar-refractivity contribution in [3.63, 3.8) is 0 Å². The molecule has 0 atom stereocenters. The number of rotatable bonds is 3. The van der Waals surface area contributed by atoms with Crippen LogP contribution in [0.4, 0.5) is 5.82 Å². The summed E-state index contributed by atoms with van der Waals surface area (Å²) in [5.74, 6) is 1.14. The summed E-state index contributed by atoms with van der Waals surface area (Å²) in [6.07, 6.45) is 8.66. The molecule has 0 aliphatic heterocycles. The van der Waals surface area contributed by atoms with Crippen LogP contribution in [0.25, 0.3) is 16.9 Å². The molecule has 0 unspecified atom stereocenters. The summed E-state index contributed by atoms with van der Waals surface area (Å²) in [6, 6.07) is 13.5. The number of hydrogen-bond donors (Lipinski definition) is 1. The number of fused-ring (bicyclic) bond motifs is 1. The molecule has 0 spiro atoms. The van der Waals surface area contributed by atoms with Crippen LogP contribution in [0.2, 0.25) is 0 Å². The minimum atomic E-state index is 0.559. The zero-order valence-corrected chi connectivity index (χ0v) is 14.5. The van der Waals surface area contributed by atoms with Crippen LogP contribution < -0.4 is 5.32 Å². The third-order valence-electron chi connectivity index (χ3n) is 5.12. The summed E-state index contributed by atoms with van der Waals surface area (Å²) < 4.78 is 2.22. The second-order valence-electron chi connectivity index (χ2n) is 7.04. The molecule has 0 amide bonds. The molecule has 1 saturated carbocycles. The third-order valence-corrected chi connectivity index (χ3v) is 5.12. The van der Waals surface area contributed by atoms with E-state index in [2.05, 4.69) is 66.2 Å². The minimum Gasteiger partial charge on any atom is -0.367 e. The molecule has 3 heteroatoms. The zero-order valence-electron chi connectivity index (χ0n) is 14.5. The van der Waals surface area contributed by atoms with Gasteiger partial charge in [0.15, 0.2) is 0 Å². The van der Waals surface area contributed by atoms with Crippen LogP contribution in [0.3, 0.4) is 0 Å². The molecule has 3 aromatic rings. The first-order chi connectivity index (χ1) is 11.7. The van der Waals surface area contributed by atoms with E-state index in [9.17, 15) is 0 Å². The Morgan fingerprint density at radius 1 is 1.00 bits per heavy atom. The normalized spacial score (nSPS) is 15.8. The first kappa shape index (κ1) is 15.3. The Balaban J connectivity index is 1.83. The first-order valence-corrected chi connectivity index (χ1v) is 9.03. The largest absolute Gasteiger partial charge is 0.367 e. The fourth-order valence-electron chi connectivity index (χ4n) is 3.69. The quantitative estimate of drug-likeness (QED) is 0.704. The molecule has 2 aromatic heterocycles. The van der Waals surface area contributed by atoms with Gasteiger partial charge in [0.05, 0.1) is 0 Å². The average Bonchev–Trinajstić information content (AvgIpc) is 2.97. The number of aromatic nitrogens is 2. The fourth-order valence-corrected chi connectivity index (χ4v) is 3.69. The summed E-state index contributed by atoms with van der Waals surface area (Å²) in [5.41, 5.74) is 5.78. The molecular formula is C21H25N3. The van der Waals surface area contributed by atoms with Gasteiger partial charge < -0.3 is 5.32 Å². The van der Waals surface area contributed by atoms with Gasteiger partial charge in [0.25, 0.3) is 0 Å². The van der Waals surface area contributed by atoms with E-state index in [1.807, 2.05) is 0 Å². The Hall–Kier alpha value is -2.29. The molecule has 1 aromatic carbocycles. The highest BCUT2D eigenvalue weighted by atomic mass is 15.1. The number of pyridine rings is 1. The van der Waals surface area contributed by atoms with Gasteiger partial charge in [-0.1, -0.05) is 55.2 Å². The summed E-state index contributed by atoms with van der Waals surface area (Å²) in [4.78, 5) is 4.98. The van der Waals surface area contributed by atoms with Gasteiger partial charge >= 0.3 is 0 Å². The van der Waals surface area contributed by atoms with Crippen LogP contribution in [-0.4, -0.2) is 15.4 Å². The average molecular weight is 319 g/mol. The number of aryl methyl sites for hydroxylation is 2. The van der Waals surface area contributed by atoms with Gasteiger partial charge in [-0.3, -0.25) is 4.40 Å². The lowest BCUT2D eigenvalue weighted by molar-refractivity contribution is 0.462. The van der Waals surface area contributed by atoms with Gasteiger partial charge in [0, 0.05) is 17.8 Å². The smallest absolute Gasteiger partial charge is 0.142 e. The van der Waals surface area contributed by atoms with Gasteiger partial charge in [0.1, 0.15) is 17.2 Å². The Morgan fingerprint density at radius 3 is 2.50 bits per heavy atom. The Morgan fingerprint density at radius 2 is 1.75 bits per heavy atom. The number of nitrogens with zero attached hydrogens (tertiary/aromatic N) is 2. The van der Waals surface area contributed by atoms with Crippen molar-refractivity contribution < 1.29 is 0 Å². The van der Waals surface area contributed by atoms with Crippen LogP contribution in [0, 0.1) is 13.8 Å². The molecule has 1 aliphatic carbocycles. The molecule has 1 fully saturated rings. The molecule has 3 nitrogen and oxygen atoms in total. The second-order valence-corrected chi connectivity index (χ2v) is 7.04. The van der Waals surface area contributed by atoms with Crippen LogP contribution in [-0.2, 0) is 0 Å². The van der Waals surface area contributed by atoms with Crippen molar-refractivity contribution in [2.45, 2.75) is 52.0 Å². The van der Waals surface area contributed by atoms with Gasteiger partial charge in [0.2, 0.25) is 0 Å². The van der Waals surface area contributed by atoms with E-state index in [1.54, 1.807) is 0 Å². The van der Waals surface area contributed by atoms with Gasteiger partial charge in [-0.2, -0.15) is 0 Å². The van der Waals surface area contributed by atoms with E-state index in [0.29, 0.717) is 6.04 Å². The molecular weight excluding hydrogens is 294 g/mol. The first-order valence-electron chi connectivity index (χ1n) is 9.03. The lowest BCUT2D eigenvalue weighted by atomic mass is 9.95. The molecule has 1 N–H and O–H groups in total. The number of anilines is 1. The van der Waals surface area contributed by atoms with E-state index in [0.717, 1.165) is 17.2 Å². The summed E-state index contributed by atoms with van der Waals surface area (Å²) >= 11 is 0. The standard InChI is InChI=1S/C21H25N3/c1-15-10-12-17(13-11-15)19-21(22-18-8-4-3-5-9-18)24-14-6-7-16(2)20(24)23-19/h6-7,10-14,18,22H,3-5,8-9H2,1-2H3. The van der Waals surface area contributed by atoms with Gasteiger partial charge in [-0.25, -0.2) is 4.98 Å². The Kier molecular flexibility index (Phi) is 4.01. The summed E-state index contributed by atoms with van der Waals surface area (Å²) in [7, 11) is 0. The highest BCUT2D eigenvalue weighted by Gasteiger charge is 2.20. The number of imidazole rings is 1. The van der Waals surface area contributed by atoms with Crippen molar-refractivity contribution in [2.75, 3.05) is 5.32 Å². The summed E-state index contributed by atoms with van der Waals surface area (Å²) in [6.45, 7) is 4.25. The predicted molar refractivity (Wildman–Crippen MR) is 101 cm³/mol. The maximum atomic E-state index is 4.98. The monoisotopic (exact) mass is 319 g/mol. The molecule has 0 radical (unpaired) electrons. The van der Waals surface area contributed by atoms with E-state index < -0.39 is 0 Å². The molecule has 124 valence electrons. The molecule has 4 rings (SSSR count). The Bertz CT molecular complexity index is 839.